The maximum Gasteiger partial charge on any atom is 0.270 e. The average molecular weight is 125 g/mol. The van der Waals surface area contributed by atoms with E-state index in [4.69, 9.17) is 5.73 Å². The summed E-state index contributed by atoms with van der Waals surface area (Å²) in [5.41, 5.74) is 4.95. The van der Waals surface area contributed by atoms with Crippen molar-refractivity contribution in [1.82, 2.24) is 4.98 Å². The lowest BCUT2D eigenvalue weighted by Crippen LogP contribution is -2.10. The normalized spacial score (nSPS) is 9.44. The zero-order valence-corrected chi connectivity index (χ0v) is 4.63. The molecule has 0 aliphatic heterocycles. The smallest absolute Gasteiger partial charge is 0.270 e. The molecule has 0 saturated carbocycles. The number of carbonyl (C=O) groups is 1. The lowest BCUT2D eigenvalue weighted by molar-refractivity contribution is 0.0995. The lowest BCUT2D eigenvalue weighted by Gasteiger charge is -1.78. The average Bonchev–Trinajstić information content (AvgIpc) is 2.14. The van der Waals surface area contributed by atoms with Crippen LogP contribution in [-0.4, -0.2) is 10.9 Å². The minimum absolute atomic E-state index is 0.111. The van der Waals surface area contributed by atoms with Gasteiger partial charge in [-0.25, -0.2) is 4.98 Å². The van der Waals surface area contributed by atoms with Crippen LogP contribution in [0.25, 0.3) is 0 Å². The quantitative estimate of drug-likeness (QED) is 0.572. The van der Waals surface area contributed by atoms with Crippen LogP contribution in [-0.2, 0) is 0 Å². The predicted molar refractivity (Wildman–Crippen MR) is 29.5 cm³/mol. The Labute approximate surface area is 51.7 Å². The van der Waals surface area contributed by atoms with Gasteiger partial charge in [-0.3, -0.25) is 4.79 Å². The second-order valence-electron chi connectivity index (χ2n) is 1.49. The molecule has 47 valence electrons. The number of nitrogens with zero attached hydrogens (tertiary/aromatic N) is 1. The first-order chi connectivity index (χ1) is 4.20. The van der Waals surface area contributed by atoms with Crippen LogP contribution in [0.3, 0.4) is 0 Å². The molecule has 0 fully saturated rings. The lowest BCUT2D eigenvalue weighted by atomic mass is 10.5. The fourth-order valence-electron chi connectivity index (χ4n) is 0.424. The third-order valence-electron chi connectivity index (χ3n) is 0.804. The van der Waals surface area contributed by atoms with Crippen LogP contribution in [0, 0.1) is 6.92 Å². The molecule has 0 unspecified atom stereocenters. The molecule has 0 bridgehead atoms. The van der Waals surface area contributed by atoms with E-state index in [2.05, 4.69) is 16.3 Å². The monoisotopic (exact) mass is 125 g/mol. The standard InChI is InChI=1S/C5H5N2O2/c1-3-7-4(2-9-3)5(6)8/h2H,1H2,(H2,6,8). The minimum Gasteiger partial charge on any atom is -0.448 e. The SMILES string of the molecule is [CH2]c1nc(C(N)=O)co1. The van der Waals surface area contributed by atoms with Crippen LogP contribution in [0.2, 0.25) is 0 Å². The molecular formula is C5H5N2O2. The van der Waals surface area contributed by atoms with E-state index in [1.165, 1.54) is 6.26 Å². The fourth-order valence-corrected chi connectivity index (χ4v) is 0.424. The van der Waals surface area contributed by atoms with E-state index >= 15 is 0 Å². The summed E-state index contributed by atoms with van der Waals surface area (Å²) >= 11 is 0. The van der Waals surface area contributed by atoms with Crippen LogP contribution in [0.5, 0.6) is 0 Å². The summed E-state index contributed by atoms with van der Waals surface area (Å²) in [5, 5.41) is 0. The Morgan fingerprint density at radius 2 is 2.56 bits per heavy atom. The molecule has 1 amide bonds. The van der Waals surface area contributed by atoms with E-state index in [0.29, 0.717) is 0 Å². The van der Waals surface area contributed by atoms with E-state index in [1.807, 2.05) is 0 Å². The van der Waals surface area contributed by atoms with Crippen molar-refractivity contribution < 1.29 is 9.21 Å². The van der Waals surface area contributed by atoms with Gasteiger partial charge in [0, 0.05) is 6.92 Å². The van der Waals surface area contributed by atoms with Crippen molar-refractivity contribution in [3.05, 3.63) is 24.8 Å². The van der Waals surface area contributed by atoms with E-state index in [9.17, 15) is 4.79 Å². The van der Waals surface area contributed by atoms with E-state index in [1.54, 1.807) is 0 Å². The Morgan fingerprint density at radius 3 is 2.78 bits per heavy atom. The number of nitrogens with two attached hydrogens (primary N) is 1. The van der Waals surface area contributed by atoms with E-state index in [0.717, 1.165) is 0 Å². The van der Waals surface area contributed by atoms with Gasteiger partial charge in [-0.1, -0.05) is 0 Å². The van der Waals surface area contributed by atoms with Gasteiger partial charge in [0.25, 0.3) is 5.91 Å². The van der Waals surface area contributed by atoms with Crippen molar-refractivity contribution in [3.8, 4) is 0 Å². The van der Waals surface area contributed by atoms with Gasteiger partial charge in [0.1, 0.15) is 6.26 Å². The predicted octanol–water partition coefficient (Wildman–Crippen LogP) is -0.0443. The van der Waals surface area contributed by atoms with Gasteiger partial charge in [-0.05, 0) is 0 Å². The summed E-state index contributed by atoms with van der Waals surface area (Å²) in [7, 11) is 0. The van der Waals surface area contributed by atoms with Gasteiger partial charge in [0.05, 0.1) is 0 Å². The third-order valence-corrected chi connectivity index (χ3v) is 0.804. The summed E-state index contributed by atoms with van der Waals surface area (Å²) in [6, 6.07) is 0. The zero-order chi connectivity index (χ0) is 6.85. The number of amides is 1. The van der Waals surface area contributed by atoms with Crippen molar-refractivity contribution in [2.24, 2.45) is 5.73 Å². The van der Waals surface area contributed by atoms with Crippen LogP contribution in [0.4, 0.5) is 0 Å². The van der Waals surface area contributed by atoms with Crippen LogP contribution < -0.4 is 5.73 Å². The summed E-state index contributed by atoms with van der Waals surface area (Å²) < 4.78 is 4.60. The second kappa shape index (κ2) is 1.89. The molecule has 1 heterocycles. The Hall–Kier alpha value is -1.32. The van der Waals surface area contributed by atoms with Crippen LogP contribution in [0.1, 0.15) is 16.4 Å². The maximum atomic E-state index is 10.3. The molecular weight excluding hydrogens is 120 g/mol. The van der Waals surface area contributed by atoms with Gasteiger partial charge in [0.15, 0.2) is 11.6 Å². The van der Waals surface area contributed by atoms with Crippen molar-refractivity contribution >= 4 is 5.91 Å². The highest BCUT2D eigenvalue weighted by atomic mass is 16.3. The van der Waals surface area contributed by atoms with Crippen molar-refractivity contribution in [2.45, 2.75) is 0 Å². The molecule has 0 aliphatic rings. The summed E-state index contributed by atoms with van der Waals surface area (Å²) in [6.45, 7) is 3.34. The van der Waals surface area contributed by atoms with E-state index < -0.39 is 5.91 Å². The van der Waals surface area contributed by atoms with Crippen molar-refractivity contribution in [1.29, 1.82) is 0 Å². The molecule has 2 N–H and O–H groups in total. The van der Waals surface area contributed by atoms with Gasteiger partial charge in [-0.2, -0.15) is 0 Å². The highest BCUT2D eigenvalue weighted by molar-refractivity contribution is 5.90. The number of hydrogen-bond donors (Lipinski definition) is 1. The van der Waals surface area contributed by atoms with E-state index in [-0.39, 0.29) is 11.6 Å². The molecule has 0 atom stereocenters. The Bertz CT molecular complexity index is 229. The Balaban J connectivity index is 2.98. The highest BCUT2D eigenvalue weighted by Crippen LogP contribution is 1.97. The number of hydrogen-bond acceptors (Lipinski definition) is 3. The maximum absolute atomic E-state index is 10.3. The summed E-state index contributed by atoms with van der Waals surface area (Å²) in [4.78, 5) is 13.8. The molecule has 4 heteroatoms. The molecule has 1 rings (SSSR count). The van der Waals surface area contributed by atoms with Gasteiger partial charge in [-0.15, -0.1) is 0 Å². The number of primary amides is 1. The van der Waals surface area contributed by atoms with Gasteiger partial charge in [0.2, 0.25) is 0 Å². The first-order valence-corrected chi connectivity index (χ1v) is 2.27. The Kier molecular flexibility index (Phi) is 1.22. The first kappa shape index (κ1) is 5.81. The topological polar surface area (TPSA) is 69.1 Å². The number of carbonyl (C=O) groups excluding carboxylic acids is 1. The zero-order valence-electron chi connectivity index (χ0n) is 4.63. The number of rotatable bonds is 1. The molecule has 0 aliphatic carbocycles. The molecule has 0 spiro atoms. The molecule has 4 nitrogen and oxygen atoms in total. The number of aromatic nitrogens is 1. The number of oxazole rings is 1. The molecule has 1 radical (unpaired) electrons. The largest absolute Gasteiger partial charge is 0.448 e. The summed E-state index contributed by atoms with van der Waals surface area (Å²) in [5.74, 6) is -0.405. The highest BCUT2D eigenvalue weighted by Gasteiger charge is 2.03. The molecule has 0 saturated heterocycles. The molecule has 0 aromatic carbocycles. The Morgan fingerprint density at radius 1 is 1.89 bits per heavy atom. The molecule has 1 aromatic rings. The van der Waals surface area contributed by atoms with Crippen LogP contribution >= 0.6 is 0 Å². The fraction of sp³-hybridized carbons (Fsp3) is 0. The first-order valence-electron chi connectivity index (χ1n) is 2.27. The van der Waals surface area contributed by atoms with Crippen molar-refractivity contribution in [3.63, 3.8) is 0 Å². The summed E-state index contributed by atoms with van der Waals surface area (Å²) in [6.07, 6.45) is 1.17. The minimum atomic E-state index is -0.603. The van der Waals surface area contributed by atoms with Crippen molar-refractivity contribution in [2.75, 3.05) is 0 Å². The van der Waals surface area contributed by atoms with Gasteiger partial charge < -0.3 is 10.2 Å². The second-order valence-corrected chi connectivity index (χ2v) is 1.49. The third kappa shape index (κ3) is 1.07. The molecule has 9 heavy (non-hydrogen) atoms. The van der Waals surface area contributed by atoms with Gasteiger partial charge >= 0.3 is 0 Å². The van der Waals surface area contributed by atoms with Crippen LogP contribution in [0.15, 0.2) is 10.7 Å². The molecule has 1 aromatic heterocycles.